The first-order valence-electron chi connectivity index (χ1n) is 11.3. The highest BCUT2D eigenvalue weighted by atomic mass is 19.1. The zero-order valence-electron chi connectivity index (χ0n) is 18.2. The normalized spacial score (nSPS) is 17.0. The predicted molar refractivity (Wildman–Crippen MR) is 123 cm³/mol. The van der Waals surface area contributed by atoms with E-state index in [0.717, 1.165) is 50.1 Å². The summed E-state index contributed by atoms with van der Waals surface area (Å²) in [6.45, 7) is 4.68. The first kappa shape index (κ1) is 22.6. The fourth-order valence-electron chi connectivity index (χ4n) is 4.22. The minimum atomic E-state index is -0.335. The smallest absolute Gasteiger partial charge is 0.123 e. The Bertz CT molecular complexity index is 902. The zero-order valence-corrected chi connectivity index (χ0v) is 18.2. The SMILES string of the molecule is Fc1ccc(C(OCCCCN2CCNC(c3ccccc3)C2)c2ccc(F)cc2)cc1. The van der Waals surface area contributed by atoms with Crippen LogP contribution in [0.25, 0.3) is 0 Å². The lowest BCUT2D eigenvalue weighted by atomic mass is 10.0. The third kappa shape index (κ3) is 6.22. The van der Waals surface area contributed by atoms with Crippen LogP contribution >= 0.6 is 0 Å². The summed E-state index contributed by atoms with van der Waals surface area (Å²) in [7, 11) is 0. The molecule has 1 aliphatic heterocycles. The van der Waals surface area contributed by atoms with Crippen molar-refractivity contribution >= 4 is 0 Å². The first-order chi connectivity index (χ1) is 15.7. The highest BCUT2D eigenvalue weighted by molar-refractivity contribution is 5.30. The van der Waals surface area contributed by atoms with Gasteiger partial charge in [0.1, 0.15) is 17.7 Å². The van der Waals surface area contributed by atoms with Crippen LogP contribution in [0, 0.1) is 11.6 Å². The number of halogens is 2. The van der Waals surface area contributed by atoms with Crippen molar-refractivity contribution in [2.24, 2.45) is 0 Å². The van der Waals surface area contributed by atoms with E-state index >= 15 is 0 Å². The average molecular weight is 437 g/mol. The Morgan fingerprint density at radius 2 is 1.47 bits per heavy atom. The standard InChI is InChI=1S/C27H30F2N2O/c28-24-12-8-22(9-13-24)27(23-10-14-25(29)15-11-23)32-19-5-4-17-31-18-16-30-26(20-31)21-6-2-1-3-7-21/h1-3,6-15,26-27,30H,4-5,16-20H2. The van der Waals surface area contributed by atoms with E-state index in [0.29, 0.717) is 12.6 Å². The molecule has 5 heteroatoms. The van der Waals surface area contributed by atoms with Gasteiger partial charge < -0.3 is 15.0 Å². The van der Waals surface area contributed by atoms with E-state index < -0.39 is 0 Å². The number of benzene rings is 3. The molecule has 3 nitrogen and oxygen atoms in total. The predicted octanol–water partition coefficient (Wildman–Crippen LogP) is 5.50. The van der Waals surface area contributed by atoms with E-state index in [1.807, 2.05) is 0 Å². The second-order valence-corrected chi connectivity index (χ2v) is 8.28. The number of ether oxygens (including phenoxy) is 1. The Balaban J connectivity index is 1.27. The van der Waals surface area contributed by atoms with Crippen molar-refractivity contribution in [1.82, 2.24) is 10.2 Å². The first-order valence-corrected chi connectivity index (χ1v) is 11.3. The third-order valence-corrected chi connectivity index (χ3v) is 5.96. The van der Waals surface area contributed by atoms with Gasteiger partial charge in [0.25, 0.3) is 0 Å². The van der Waals surface area contributed by atoms with Crippen LogP contribution in [-0.2, 0) is 4.74 Å². The second-order valence-electron chi connectivity index (χ2n) is 8.28. The molecule has 1 heterocycles. The monoisotopic (exact) mass is 436 g/mol. The van der Waals surface area contributed by atoms with Gasteiger partial charge in [-0.25, -0.2) is 8.78 Å². The Hall–Kier alpha value is -2.60. The Morgan fingerprint density at radius 3 is 2.09 bits per heavy atom. The number of nitrogens with one attached hydrogen (secondary N) is 1. The van der Waals surface area contributed by atoms with Crippen LogP contribution in [0.3, 0.4) is 0 Å². The van der Waals surface area contributed by atoms with Gasteiger partial charge in [0.15, 0.2) is 0 Å². The van der Waals surface area contributed by atoms with E-state index in [1.54, 1.807) is 24.3 Å². The van der Waals surface area contributed by atoms with Crippen molar-refractivity contribution in [3.05, 3.63) is 107 Å². The van der Waals surface area contributed by atoms with Crippen LogP contribution in [0.4, 0.5) is 8.78 Å². The molecule has 0 spiro atoms. The Morgan fingerprint density at radius 1 is 0.844 bits per heavy atom. The van der Waals surface area contributed by atoms with Crippen LogP contribution in [0.2, 0.25) is 0 Å². The molecule has 3 aromatic carbocycles. The summed E-state index contributed by atoms with van der Waals surface area (Å²) in [5.74, 6) is -0.562. The molecule has 1 atom stereocenters. The largest absolute Gasteiger partial charge is 0.369 e. The van der Waals surface area contributed by atoms with Gasteiger partial charge in [0.2, 0.25) is 0 Å². The maximum absolute atomic E-state index is 13.4. The van der Waals surface area contributed by atoms with Crippen LogP contribution < -0.4 is 5.32 Å². The van der Waals surface area contributed by atoms with Crippen LogP contribution in [-0.4, -0.2) is 37.7 Å². The van der Waals surface area contributed by atoms with Crippen molar-refractivity contribution in [2.75, 3.05) is 32.8 Å². The van der Waals surface area contributed by atoms with Crippen molar-refractivity contribution in [1.29, 1.82) is 0 Å². The molecule has 3 aromatic rings. The molecule has 1 saturated heterocycles. The summed E-state index contributed by atoms with van der Waals surface area (Å²) < 4.78 is 32.9. The third-order valence-electron chi connectivity index (χ3n) is 5.96. The van der Waals surface area contributed by atoms with E-state index in [2.05, 4.69) is 40.5 Å². The average Bonchev–Trinajstić information content (AvgIpc) is 2.84. The van der Waals surface area contributed by atoms with Gasteiger partial charge >= 0.3 is 0 Å². The molecule has 0 saturated carbocycles. The number of nitrogens with zero attached hydrogens (tertiary/aromatic N) is 1. The Kier molecular flexibility index (Phi) is 7.99. The summed E-state index contributed by atoms with van der Waals surface area (Å²) >= 11 is 0. The van der Waals surface area contributed by atoms with Gasteiger partial charge in [-0.3, -0.25) is 0 Å². The van der Waals surface area contributed by atoms with Gasteiger partial charge in [-0.2, -0.15) is 0 Å². The van der Waals surface area contributed by atoms with Crippen molar-refractivity contribution in [2.45, 2.75) is 25.0 Å². The van der Waals surface area contributed by atoms with Crippen molar-refractivity contribution in [3.8, 4) is 0 Å². The minimum Gasteiger partial charge on any atom is -0.369 e. The van der Waals surface area contributed by atoms with E-state index in [4.69, 9.17) is 4.74 Å². The maximum Gasteiger partial charge on any atom is 0.123 e. The number of unbranched alkanes of at least 4 members (excludes halogenated alkanes) is 1. The molecule has 0 aliphatic carbocycles. The lowest BCUT2D eigenvalue weighted by Gasteiger charge is -2.34. The molecule has 1 N–H and O–H groups in total. The summed E-state index contributed by atoms with van der Waals surface area (Å²) in [5.41, 5.74) is 3.07. The minimum absolute atomic E-state index is 0.281. The molecule has 168 valence electrons. The number of rotatable bonds is 9. The molecule has 0 amide bonds. The van der Waals surface area contributed by atoms with Crippen LogP contribution in [0.1, 0.15) is 41.7 Å². The fraction of sp³-hybridized carbons (Fsp3) is 0.333. The molecule has 32 heavy (non-hydrogen) atoms. The molecule has 1 unspecified atom stereocenters. The summed E-state index contributed by atoms with van der Waals surface area (Å²) in [5, 5.41) is 3.61. The summed E-state index contributed by atoms with van der Waals surface area (Å²) in [6, 6.07) is 23.6. The van der Waals surface area contributed by atoms with Crippen LogP contribution in [0.15, 0.2) is 78.9 Å². The van der Waals surface area contributed by atoms with Gasteiger partial charge in [-0.1, -0.05) is 54.6 Å². The van der Waals surface area contributed by atoms with E-state index in [9.17, 15) is 8.78 Å². The van der Waals surface area contributed by atoms with Crippen molar-refractivity contribution < 1.29 is 13.5 Å². The van der Waals surface area contributed by atoms with Crippen molar-refractivity contribution in [3.63, 3.8) is 0 Å². The second kappa shape index (κ2) is 11.3. The van der Waals surface area contributed by atoms with E-state index in [-0.39, 0.29) is 17.7 Å². The molecule has 4 rings (SSSR count). The summed E-state index contributed by atoms with van der Waals surface area (Å²) in [6.07, 6.45) is 1.64. The molecule has 0 bridgehead atoms. The topological polar surface area (TPSA) is 24.5 Å². The molecule has 0 aromatic heterocycles. The molecule has 1 fully saturated rings. The van der Waals surface area contributed by atoms with E-state index in [1.165, 1.54) is 29.8 Å². The summed E-state index contributed by atoms with van der Waals surface area (Å²) in [4.78, 5) is 2.51. The highest BCUT2D eigenvalue weighted by Crippen LogP contribution is 2.27. The quantitative estimate of drug-likeness (QED) is 0.449. The molecule has 1 aliphatic rings. The number of piperazine rings is 1. The number of hydrogen-bond acceptors (Lipinski definition) is 3. The van der Waals surface area contributed by atoms with Gasteiger partial charge in [0, 0.05) is 32.3 Å². The fourth-order valence-corrected chi connectivity index (χ4v) is 4.22. The van der Waals surface area contributed by atoms with Crippen LogP contribution in [0.5, 0.6) is 0 Å². The lowest BCUT2D eigenvalue weighted by Crippen LogP contribution is -2.46. The lowest BCUT2D eigenvalue weighted by molar-refractivity contribution is 0.0743. The molecular formula is C27H30F2N2O. The van der Waals surface area contributed by atoms with Gasteiger partial charge in [-0.15, -0.1) is 0 Å². The molecule has 0 radical (unpaired) electrons. The molecular weight excluding hydrogens is 406 g/mol. The van der Waals surface area contributed by atoms with Gasteiger partial charge in [0.05, 0.1) is 0 Å². The maximum atomic E-state index is 13.4. The zero-order chi connectivity index (χ0) is 22.2. The highest BCUT2D eigenvalue weighted by Gasteiger charge is 2.20. The number of hydrogen-bond donors (Lipinski definition) is 1. The Labute approximate surface area is 189 Å². The van der Waals surface area contributed by atoms with Gasteiger partial charge in [-0.05, 0) is 60.3 Å².